The van der Waals surface area contributed by atoms with Crippen LogP contribution in [-0.2, 0) is 0 Å². The molecule has 0 spiro atoms. The highest BCUT2D eigenvalue weighted by molar-refractivity contribution is 5.01. The van der Waals surface area contributed by atoms with Crippen LogP contribution in [0.1, 0.15) is 33.1 Å². The Morgan fingerprint density at radius 2 is 1.31 bits per heavy atom. The molecule has 0 radical (unpaired) electrons. The lowest BCUT2D eigenvalue weighted by molar-refractivity contribution is 0.341. The molecule has 0 bridgehead atoms. The first-order valence-corrected chi connectivity index (χ1v) is 4.73. The first kappa shape index (κ1) is 12.4. The highest BCUT2D eigenvalue weighted by atomic mass is 16.3. The molecule has 0 rings (SSSR count). The van der Waals surface area contributed by atoms with Gasteiger partial charge in [-0.05, 0) is 33.1 Å². The number of hydrogen-bond acceptors (Lipinski definition) is 2. The van der Waals surface area contributed by atoms with Crippen LogP contribution in [-0.4, -0.2) is 23.4 Å². The summed E-state index contributed by atoms with van der Waals surface area (Å²) in [5, 5.41) is 17.2. The van der Waals surface area contributed by atoms with Crippen molar-refractivity contribution >= 4 is 0 Å². The molecule has 0 amide bonds. The third-order valence-corrected chi connectivity index (χ3v) is 2.02. The van der Waals surface area contributed by atoms with Gasteiger partial charge in [-0.15, -0.1) is 0 Å². The summed E-state index contributed by atoms with van der Waals surface area (Å²) >= 11 is 0. The molecule has 0 unspecified atom stereocenters. The molecule has 0 atom stereocenters. The zero-order valence-corrected chi connectivity index (χ0v) is 8.58. The fraction of sp³-hybridized carbons (Fsp3) is 0.636. The monoisotopic (exact) mass is 184 g/mol. The quantitative estimate of drug-likeness (QED) is 0.620. The molecule has 2 nitrogen and oxygen atoms in total. The lowest BCUT2D eigenvalue weighted by atomic mass is 10.1. The first-order valence-electron chi connectivity index (χ1n) is 4.73. The van der Waals surface area contributed by atoms with Crippen molar-refractivity contribution in [3.63, 3.8) is 0 Å². The molecule has 0 aromatic heterocycles. The van der Waals surface area contributed by atoms with Crippen LogP contribution in [0.4, 0.5) is 0 Å². The smallest absolute Gasteiger partial charge is 0.0614 e. The maximum Gasteiger partial charge on any atom is 0.0614 e. The molecule has 0 aliphatic rings. The van der Waals surface area contributed by atoms with Crippen molar-refractivity contribution in [3.8, 4) is 0 Å². The van der Waals surface area contributed by atoms with Gasteiger partial charge in [-0.25, -0.2) is 0 Å². The number of aliphatic hydroxyl groups excluding tert-OH is 2. The van der Waals surface area contributed by atoms with Gasteiger partial charge < -0.3 is 10.2 Å². The van der Waals surface area contributed by atoms with Crippen LogP contribution in [0.25, 0.3) is 0 Å². The van der Waals surface area contributed by atoms with Gasteiger partial charge in [-0.1, -0.05) is 23.3 Å². The predicted molar refractivity (Wildman–Crippen MR) is 55.5 cm³/mol. The zero-order chi connectivity index (χ0) is 10.1. The summed E-state index contributed by atoms with van der Waals surface area (Å²) in [7, 11) is 0. The van der Waals surface area contributed by atoms with Gasteiger partial charge >= 0.3 is 0 Å². The molecule has 0 fully saturated rings. The van der Waals surface area contributed by atoms with Crippen LogP contribution in [0, 0.1) is 0 Å². The van der Waals surface area contributed by atoms with Gasteiger partial charge in [0.25, 0.3) is 0 Å². The lowest BCUT2D eigenvalue weighted by Gasteiger charge is -2.01. The minimum absolute atomic E-state index is 0.136. The van der Waals surface area contributed by atoms with Crippen molar-refractivity contribution in [1.82, 2.24) is 0 Å². The lowest BCUT2D eigenvalue weighted by Crippen LogP contribution is -1.85. The van der Waals surface area contributed by atoms with Gasteiger partial charge in [0.05, 0.1) is 13.2 Å². The van der Waals surface area contributed by atoms with Gasteiger partial charge in [0.2, 0.25) is 0 Å². The summed E-state index contributed by atoms with van der Waals surface area (Å²) < 4.78 is 0. The standard InChI is InChI=1S/C11H20O2/c1-10(6-8-12)4-3-5-11(2)7-9-13/h6-7,12-13H,3-5,8-9H2,1-2H3/b10-6+,11-7+. The largest absolute Gasteiger partial charge is 0.392 e. The topological polar surface area (TPSA) is 40.5 Å². The van der Waals surface area contributed by atoms with Crippen LogP contribution < -0.4 is 0 Å². The summed E-state index contributed by atoms with van der Waals surface area (Å²) in [6.07, 6.45) is 6.81. The van der Waals surface area contributed by atoms with E-state index in [1.807, 2.05) is 26.0 Å². The van der Waals surface area contributed by atoms with Crippen molar-refractivity contribution in [2.45, 2.75) is 33.1 Å². The maximum absolute atomic E-state index is 8.61. The highest BCUT2D eigenvalue weighted by Gasteiger charge is 1.92. The van der Waals surface area contributed by atoms with Crippen molar-refractivity contribution in [3.05, 3.63) is 23.3 Å². The molecule has 13 heavy (non-hydrogen) atoms. The summed E-state index contributed by atoms with van der Waals surface area (Å²) in [6.45, 7) is 4.33. The molecule has 0 aliphatic heterocycles. The molecule has 76 valence electrons. The van der Waals surface area contributed by atoms with Gasteiger partial charge in [0, 0.05) is 0 Å². The second-order valence-corrected chi connectivity index (χ2v) is 3.32. The molecular formula is C11H20O2. The predicted octanol–water partition coefficient (Wildman–Crippen LogP) is 2.03. The van der Waals surface area contributed by atoms with E-state index < -0.39 is 0 Å². The molecule has 0 aromatic carbocycles. The number of allylic oxidation sites excluding steroid dienone is 2. The number of rotatable bonds is 6. The van der Waals surface area contributed by atoms with Crippen LogP contribution in [0.5, 0.6) is 0 Å². The Morgan fingerprint density at radius 3 is 1.62 bits per heavy atom. The first-order chi connectivity index (χ1) is 6.20. The Morgan fingerprint density at radius 1 is 0.923 bits per heavy atom. The fourth-order valence-electron chi connectivity index (χ4n) is 1.16. The van der Waals surface area contributed by atoms with Crippen molar-refractivity contribution in [2.24, 2.45) is 0 Å². The molecule has 0 saturated carbocycles. The Labute approximate surface area is 80.6 Å². The summed E-state index contributed by atoms with van der Waals surface area (Å²) in [4.78, 5) is 0. The van der Waals surface area contributed by atoms with E-state index in [0.717, 1.165) is 19.3 Å². The van der Waals surface area contributed by atoms with E-state index >= 15 is 0 Å². The van der Waals surface area contributed by atoms with E-state index in [2.05, 4.69) is 0 Å². The van der Waals surface area contributed by atoms with Crippen molar-refractivity contribution in [1.29, 1.82) is 0 Å². The molecule has 0 heterocycles. The molecule has 2 heteroatoms. The highest BCUT2D eigenvalue weighted by Crippen LogP contribution is 2.10. The van der Waals surface area contributed by atoms with Crippen molar-refractivity contribution < 1.29 is 10.2 Å². The number of hydrogen-bond donors (Lipinski definition) is 2. The SMILES string of the molecule is C/C(=C\CO)CCC/C(C)=C/CO. The summed E-state index contributed by atoms with van der Waals surface area (Å²) in [5.41, 5.74) is 2.47. The Bertz CT molecular complexity index is 161. The minimum Gasteiger partial charge on any atom is -0.392 e. The zero-order valence-electron chi connectivity index (χ0n) is 8.58. The summed E-state index contributed by atoms with van der Waals surface area (Å²) in [6, 6.07) is 0. The average Bonchev–Trinajstić information content (AvgIpc) is 2.05. The Balaban J connectivity index is 3.56. The Hall–Kier alpha value is -0.600. The van der Waals surface area contributed by atoms with E-state index in [1.54, 1.807) is 0 Å². The van der Waals surface area contributed by atoms with E-state index in [0.29, 0.717) is 0 Å². The molecular weight excluding hydrogens is 164 g/mol. The van der Waals surface area contributed by atoms with E-state index in [9.17, 15) is 0 Å². The van der Waals surface area contributed by atoms with Gasteiger partial charge in [0.15, 0.2) is 0 Å². The number of aliphatic hydroxyl groups is 2. The molecule has 0 saturated heterocycles. The molecule has 0 aromatic rings. The average molecular weight is 184 g/mol. The van der Waals surface area contributed by atoms with Crippen molar-refractivity contribution in [2.75, 3.05) is 13.2 Å². The third kappa shape index (κ3) is 7.75. The second-order valence-electron chi connectivity index (χ2n) is 3.32. The molecule has 2 N–H and O–H groups in total. The van der Waals surface area contributed by atoms with Gasteiger partial charge in [-0.3, -0.25) is 0 Å². The minimum atomic E-state index is 0.136. The normalized spacial score (nSPS) is 13.5. The van der Waals surface area contributed by atoms with Gasteiger partial charge in [0.1, 0.15) is 0 Å². The summed E-state index contributed by atoms with van der Waals surface area (Å²) in [5.74, 6) is 0. The third-order valence-electron chi connectivity index (χ3n) is 2.02. The van der Waals surface area contributed by atoms with Crippen LogP contribution >= 0.6 is 0 Å². The van der Waals surface area contributed by atoms with Crippen LogP contribution in [0.15, 0.2) is 23.3 Å². The van der Waals surface area contributed by atoms with E-state index in [1.165, 1.54) is 11.1 Å². The fourth-order valence-corrected chi connectivity index (χ4v) is 1.16. The van der Waals surface area contributed by atoms with Crippen LogP contribution in [0.2, 0.25) is 0 Å². The van der Waals surface area contributed by atoms with Crippen LogP contribution in [0.3, 0.4) is 0 Å². The second kappa shape index (κ2) is 8.02. The molecule has 0 aliphatic carbocycles. The van der Waals surface area contributed by atoms with E-state index in [4.69, 9.17) is 10.2 Å². The maximum atomic E-state index is 8.61. The van der Waals surface area contributed by atoms with Gasteiger partial charge in [-0.2, -0.15) is 0 Å². The van der Waals surface area contributed by atoms with E-state index in [-0.39, 0.29) is 13.2 Å². The Kier molecular flexibility index (Phi) is 7.65.